The van der Waals surface area contributed by atoms with E-state index in [9.17, 15) is 8.42 Å². The first-order valence-electron chi connectivity index (χ1n) is 6.05. The van der Waals surface area contributed by atoms with E-state index in [4.69, 9.17) is 10.9 Å². The number of para-hydroxylation sites is 1. The molecule has 1 unspecified atom stereocenters. The Kier molecular flexibility index (Phi) is 3.49. The lowest BCUT2D eigenvalue weighted by molar-refractivity contribution is 0.598. The molecule has 0 aliphatic heterocycles. The summed E-state index contributed by atoms with van der Waals surface area (Å²) >= 11 is 0. The van der Waals surface area contributed by atoms with E-state index in [1.54, 1.807) is 12.1 Å². The summed E-state index contributed by atoms with van der Waals surface area (Å²) in [6.07, 6.45) is 3.66. The highest BCUT2D eigenvalue weighted by atomic mass is 32.2. The fraction of sp³-hybridized carbons (Fsp3) is 0.500. The molecule has 0 aromatic heterocycles. The number of rotatable bonds is 5. The smallest absolute Gasteiger partial charge is 0.240 e. The van der Waals surface area contributed by atoms with Crippen LogP contribution in [0.5, 0.6) is 0 Å². The Hall–Kier alpha value is -1.27. The molecular formula is C12H19N3O2S. The normalized spacial score (nSPS) is 17.4. The Morgan fingerprint density at radius 1 is 1.44 bits per heavy atom. The Morgan fingerprint density at radius 3 is 2.67 bits per heavy atom. The monoisotopic (exact) mass is 269 g/mol. The number of benzene rings is 1. The van der Waals surface area contributed by atoms with Gasteiger partial charge in [-0.25, -0.2) is 13.6 Å². The zero-order chi connectivity index (χ0) is 13.3. The summed E-state index contributed by atoms with van der Waals surface area (Å²) in [6, 6.07) is 5.10. The fourth-order valence-corrected chi connectivity index (χ4v) is 2.78. The maximum Gasteiger partial charge on any atom is 0.240 e. The molecule has 1 saturated carbocycles. The quantitative estimate of drug-likeness (QED) is 0.706. The van der Waals surface area contributed by atoms with Gasteiger partial charge in [0.2, 0.25) is 10.0 Å². The van der Waals surface area contributed by atoms with E-state index < -0.39 is 10.0 Å². The lowest BCUT2D eigenvalue weighted by atomic mass is 10.1. The molecule has 0 spiro atoms. The van der Waals surface area contributed by atoms with Crippen LogP contribution in [0.25, 0.3) is 0 Å². The molecule has 5 N–H and O–H groups in total. The van der Waals surface area contributed by atoms with E-state index in [0.717, 1.165) is 12.3 Å². The van der Waals surface area contributed by atoms with Crippen molar-refractivity contribution in [3.63, 3.8) is 0 Å². The lowest BCUT2D eigenvalue weighted by Gasteiger charge is -2.17. The highest BCUT2D eigenvalue weighted by Crippen LogP contribution is 2.35. The molecule has 18 heavy (non-hydrogen) atoms. The van der Waals surface area contributed by atoms with Crippen LogP contribution in [0.4, 0.5) is 11.4 Å². The van der Waals surface area contributed by atoms with Crippen molar-refractivity contribution in [2.75, 3.05) is 11.1 Å². The van der Waals surface area contributed by atoms with Crippen molar-refractivity contribution >= 4 is 21.4 Å². The minimum Gasteiger partial charge on any atom is -0.396 e. The van der Waals surface area contributed by atoms with Crippen molar-refractivity contribution in [1.29, 1.82) is 0 Å². The molecule has 0 amide bonds. The lowest BCUT2D eigenvalue weighted by Crippen LogP contribution is -2.19. The molecule has 6 heteroatoms. The topological polar surface area (TPSA) is 98.2 Å². The summed E-state index contributed by atoms with van der Waals surface area (Å²) in [4.78, 5) is -0.0221. The second-order valence-electron chi connectivity index (χ2n) is 4.99. The summed E-state index contributed by atoms with van der Waals surface area (Å²) in [5.41, 5.74) is 6.67. The van der Waals surface area contributed by atoms with Gasteiger partial charge in [-0.2, -0.15) is 0 Å². The molecule has 0 bridgehead atoms. The van der Waals surface area contributed by atoms with Gasteiger partial charge >= 0.3 is 0 Å². The molecule has 1 aromatic rings. The van der Waals surface area contributed by atoms with Crippen molar-refractivity contribution < 1.29 is 8.42 Å². The zero-order valence-electron chi connectivity index (χ0n) is 10.4. The van der Waals surface area contributed by atoms with Crippen LogP contribution in [0, 0.1) is 5.92 Å². The van der Waals surface area contributed by atoms with Crippen molar-refractivity contribution in [3.05, 3.63) is 18.2 Å². The van der Waals surface area contributed by atoms with Gasteiger partial charge in [0, 0.05) is 6.04 Å². The molecular weight excluding hydrogens is 250 g/mol. The first-order valence-corrected chi connectivity index (χ1v) is 7.60. The van der Waals surface area contributed by atoms with E-state index in [1.165, 1.54) is 18.9 Å². The second-order valence-corrected chi connectivity index (χ2v) is 6.52. The minimum absolute atomic E-state index is 0.0221. The van der Waals surface area contributed by atoms with E-state index in [-0.39, 0.29) is 16.6 Å². The molecule has 2 rings (SSSR count). The third-order valence-electron chi connectivity index (χ3n) is 3.16. The van der Waals surface area contributed by atoms with Gasteiger partial charge in [-0.1, -0.05) is 18.9 Å². The molecule has 1 aliphatic carbocycles. The number of hydrogen-bond acceptors (Lipinski definition) is 4. The van der Waals surface area contributed by atoms with Crippen LogP contribution in [0.2, 0.25) is 0 Å². The highest BCUT2D eigenvalue weighted by molar-refractivity contribution is 7.89. The van der Waals surface area contributed by atoms with Crippen LogP contribution in [-0.4, -0.2) is 14.5 Å². The third-order valence-corrected chi connectivity index (χ3v) is 4.13. The van der Waals surface area contributed by atoms with Crippen molar-refractivity contribution in [3.8, 4) is 0 Å². The Balaban J connectivity index is 2.17. The van der Waals surface area contributed by atoms with E-state index in [1.807, 2.05) is 0 Å². The number of primary sulfonamides is 1. The molecule has 100 valence electrons. The van der Waals surface area contributed by atoms with Crippen LogP contribution in [-0.2, 0) is 10.0 Å². The highest BCUT2D eigenvalue weighted by Gasteiger charge is 2.24. The summed E-state index contributed by atoms with van der Waals surface area (Å²) in [5.74, 6) is 0.801. The Labute approximate surface area is 108 Å². The van der Waals surface area contributed by atoms with Crippen LogP contribution in [0.1, 0.15) is 26.2 Å². The van der Waals surface area contributed by atoms with Crippen molar-refractivity contribution in [2.45, 2.75) is 37.1 Å². The molecule has 1 fully saturated rings. The summed E-state index contributed by atoms with van der Waals surface area (Å²) in [7, 11) is -3.77. The SMILES string of the molecule is CC(CC1CC1)Nc1cccc(S(N)(=O)=O)c1N. The van der Waals surface area contributed by atoms with Gasteiger partial charge in [-0.3, -0.25) is 0 Å². The Morgan fingerprint density at radius 2 is 2.11 bits per heavy atom. The first kappa shape index (κ1) is 13.2. The van der Waals surface area contributed by atoms with Gasteiger partial charge < -0.3 is 11.1 Å². The third kappa shape index (κ3) is 3.14. The van der Waals surface area contributed by atoms with E-state index in [2.05, 4.69) is 12.2 Å². The van der Waals surface area contributed by atoms with Gasteiger partial charge in [-0.05, 0) is 31.4 Å². The van der Waals surface area contributed by atoms with Gasteiger partial charge in [0.25, 0.3) is 0 Å². The van der Waals surface area contributed by atoms with E-state index in [0.29, 0.717) is 5.69 Å². The standard InChI is InChI=1S/C12H19N3O2S/c1-8(7-9-5-6-9)15-10-3-2-4-11(12(10)13)18(14,16)17/h2-4,8-9,15H,5-7,13H2,1H3,(H2,14,16,17). The van der Waals surface area contributed by atoms with Gasteiger partial charge in [0.05, 0.1) is 11.4 Å². The van der Waals surface area contributed by atoms with Gasteiger partial charge in [0.1, 0.15) is 4.90 Å². The Bertz CT molecular complexity index is 538. The van der Waals surface area contributed by atoms with Crippen LogP contribution >= 0.6 is 0 Å². The molecule has 1 aliphatic rings. The number of sulfonamides is 1. The van der Waals surface area contributed by atoms with Gasteiger partial charge in [-0.15, -0.1) is 0 Å². The number of nitrogens with two attached hydrogens (primary N) is 2. The first-order chi connectivity index (χ1) is 8.38. The largest absolute Gasteiger partial charge is 0.396 e. The minimum atomic E-state index is -3.77. The van der Waals surface area contributed by atoms with Crippen molar-refractivity contribution in [2.24, 2.45) is 11.1 Å². The fourth-order valence-electron chi connectivity index (χ4n) is 2.10. The molecule has 1 atom stereocenters. The zero-order valence-corrected chi connectivity index (χ0v) is 11.2. The maximum atomic E-state index is 11.3. The average molecular weight is 269 g/mol. The summed E-state index contributed by atoms with van der Waals surface area (Å²) in [6.45, 7) is 2.07. The molecule has 0 radical (unpaired) electrons. The maximum absolute atomic E-state index is 11.3. The average Bonchev–Trinajstić information content (AvgIpc) is 3.03. The number of nitrogens with one attached hydrogen (secondary N) is 1. The van der Waals surface area contributed by atoms with Gasteiger partial charge in [0.15, 0.2) is 0 Å². The number of anilines is 2. The predicted molar refractivity (Wildman–Crippen MR) is 72.7 cm³/mol. The van der Waals surface area contributed by atoms with Crippen LogP contribution in [0.3, 0.4) is 0 Å². The van der Waals surface area contributed by atoms with E-state index >= 15 is 0 Å². The number of hydrogen-bond donors (Lipinski definition) is 3. The second kappa shape index (κ2) is 4.78. The molecule has 0 saturated heterocycles. The summed E-state index contributed by atoms with van der Waals surface area (Å²) in [5, 5.41) is 8.36. The predicted octanol–water partition coefficient (Wildman–Crippen LogP) is 1.52. The molecule has 0 heterocycles. The van der Waals surface area contributed by atoms with Crippen molar-refractivity contribution in [1.82, 2.24) is 0 Å². The van der Waals surface area contributed by atoms with Crippen LogP contribution < -0.4 is 16.2 Å². The molecule has 1 aromatic carbocycles. The molecule has 5 nitrogen and oxygen atoms in total. The summed E-state index contributed by atoms with van der Waals surface area (Å²) < 4.78 is 22.7. The number of nitrogen functional groups attached to an aromatic ring is 1. The van der Waals surface area contributed by atoms with Crippen LogP contribution in [0.15, 0.2) is 23.1 Å².